The van der Waals surface area contributed by atoms with Crippen LogP contribution < -0.4 is 4.90 Å². The molecule has 2 aromatic rings. The average molecular weight is 409 g/mol. The molecule has 4 rings (SSSR count). The molecule has 2 fully saturated rings. The summed E-state index contributed by atoms with van der Waals surface area (Å²) in [5.41, 5.74) is 1.88. The van der Waals surface area contributed by atoms with Gasteiger partial charge in [0, 0.05) is 57.7 Å². The van der Waals surface area contributed by atoms with Crippen molar-refractivity contribution in [1.29, 1.82) is 0 Å². The van der Waals surface area contributed by atoms with Gasteiger partial charge in [0.05, 0.1) is 31.6 Å². The molecule has 1 aromatic carbocycles. The van der Waals surface area contributed by atoms with Crippen LogP contribution in [0.5, 0.6) is 0 Å². The molecule has 29 heavy (non-hydrogen) atoms. The Kier molecular flexibility index (Phi) is 6.07. The number of nitrogens with zero attached hydrogens (tertiary/aromatic N) is 5. The number of halogens is 3. The number of para-hydroxylation sites is 1. The molecular weight excluding hydrogens is 383 g/mol. The fourth-order valence-corrected chi connectivity index (χ4v) is 3.88. The molecule has 3 heterocycles. The maximum Gasteiger partial charge on any atom is 0.419 e. The van der Waals surface area contributed by atoms with Gasteiger partial charge in [-0.3, -0.25) is 14.5 Å². The molecule has 158 valence electrons. The lowest BCUT2D eigenvalue weighted by Crippen LogP contribution is -2.46. The third-order valence-corrected chi connectivity index (χ3v) is 5.51. The van der Waals surface area contributed by atoms with Gasteiger partial charge in [-0.2, -0.15) is 18.3 Å². The van der Waals surface area contributed by atoms with Gasteiger partial charge in [0.15, 0.2) is 0 Å². The second-order valence-electron chi connectivity index (χ2n) is 7.53. The summed E-state index contributed by atoms with van der Waals surface area (Å²) >= 11 is 0. The highest BCUT2D eigenvalue weighted by Crippen LogP contribution is 2.28. The fraction of sp³-hybridized carbons (Fsp3) is 0.550. The summed E-state index contributed by atoms with van der Waals surface area (Å²) < 4.78 is 45.0. The summed E-state index contributed by atoms with van der Waals surface area (Å²) in [5, 5.41) is 3.85. The highest BCUT2D eigenvalue weighted by Gasteiger charge is 2.32. The molecule has 0 amide bonds. The molecule has 2 aliphatic rings. The Labute approximate surface area is 168 Å². The van der Waals surface area contributed by atoms with E-state index in [4.69, 9.17) is 4.74 Å². The van der Waals surface area contributed by atoms with E-state index in [0.717, 1.165) is 71.4 Å². The molecule has 0 aliphatic carbocycles. The number of morpholine rings is 1. The van der Waals surface area contributed by atoms with Crippen molar-refractivity contribution in [2.75, 3.05) is 57.4 Å². The molecule has 0 unspecified atom stereocenters. The smallest absolute Gasteiger partial charge is 0.378 e. The predicted octanol–water partition coefficient (Wildman–Crippen LogP) is 2.51. The minimum absolute atomic E-state index is 0.383. The van der Waals surface area contributed by atoms with Crippen LogP contribution in [0.25, 0.3) is 0 Å². The summed E-state index contributed by atoms with van der Waals surface area (Å²) in [7, 11) is 0. The Balaban J connectivity index is 1.31. The van der Waals surface area contributed by atoms with Gasteiger partial charge in [0.2, 0.25) is 0 Å². The number of rotatable bonds is 5. The van der Waals surface area contributed by atoms with Crippen molar-refractivity contribution >= 4 is 5.69 Å². The van der Waals surface area contributed by atoms with Crippen molar-refractivity contribution in [2.45, 2.75) is 19.4 Å². The number of benzene rings is 1. The first kappa shape index (κ1) is 20.2. The second-order valence-corrected chi connectivity index (χ2v) is 7.53. The summed E-state index contributed by atoms with van der Waals surface area (Å²) in [6.45, 7) is 7.98. The predicted molar refractivity (Wildman–Crippen MR) is 104 cm³/mol. The van der Waals surface area contributed by atoms with Gasteiger partial charge in [-0.05, 0) is 11.6 Å². The van der Waals surface area contributed by atoms with Gasteiger partial charge in [-0.25, -0.2) is 0 Å². The first-order chi connectivity index (χ1) is 14.0. The van der Waals surface area contributed by atoms with E-state index in [9.17, 15) is 13.2 Å². The van der Waals surface area contributed by atoms with E-state index in [-0.39, 0.29) is 0 Å². The van der Waals surface area contributed by atoms with E-state index < -0.39 is 11.7 Å². The van der Waals surface area contributed by atoms with Gasteiger partial charge in [0.25, 0.3) is 0 Å². The lowest BCUT2D eigenvalue weighted by Gasteiger charge is -2.36. The molecule has 0 bridgehead atoms. The summed E-state index contributed by atoms with van der Waals surface area (Å²) in [5.74, 6) is 0. The zero-order valence-corrected chi connectivity index (χ0v) is 16.3. The van der Waals surface area contributed by atoms with E-state index >= 15 is 0 Å². The Bertz CT molecular complexity index is 795. The summed E-state index contributed by atoms with van der Waals surface area (Å²) in [6.07, 6.45) is -2.38. The number of aromatic nitrogens is 2. The van der Waals surface area contributed by atoms with Crippen molar-refractivity contribution in [3.8, 4) is 0 Å². The third-order valence-electron chi connectivity index (χ3n) is 5.51. The Hall–Kier alpha value is -2.10. The summed E-state index contributed by atoms with van der Waals surface area (Å²) in [6, 6.07) is 8.50. The van der Waals surface area contributed by atoms with Crippen LogP contribution in [-0.2, 0) is 24.1 Å². The minimum Gasteiger partial charge on any atom is -0.378 e. The van der Waals surface area contributed by atoms with Crippen molar-refractivity contribution < 1.29 is 17.9 Å². The largest absolute Gasteiger partial charge is 0.419 e. The molecule has 0 N–H and O–H groups in total. The van der Waals surface area contributed by atoms with E-state index in [1.54, 1.807) is 0 Å². The third kappa shape index (κ3) is 5.09. The minimum atomic E-state index is -4.34. The molecule has 9 heteroatoms. The molecule has 2 aliphatic heterocycles. The topological polar surface area (TPSA) is 36.8 Å². The Morgan fingerprint density at radius 1 is 0.931 bits per heavy atom. The van der Waals surface area contributed by atoms with E-state index in [1.165, 1.54) is 15.9 Å². The SMILES string of the molecule is FC(F)(F)c1cnn(CN2CCN(Cc3ccccc3N3CCOCC3)CC2)c1. The van der Waals surface area contributed by atoms with Gasteiger partial charge in [-0.1, -0.05) is 18.2 Å². The molecule has 6 nitrogen and oxygen atoms in total. The van der Waals surface area contributed by atoms with Gasteiger partial charge < -0.3 is 9.64 Å². The van der Waals surface area contributed by atoms with Crippen LogP contribution in [0.3, 0.4) is 0 Å². The average Bonchev–Trinajstić information content (AvgIpc) is 3.20. The number of piperazine rings is 1. The fourth-order valence-electron chi connectivity index (χ4n) is 3.88. The molecule has 0 atom stereocenters. The molecule has 2 saturated heterocycles. The molecule has 0 spiro atoms. The number of ether oxygens (including phenoxy) is 1. The standard InChI is InChI=1S/C20H26F3N5O/c21-20(22,23)18-13-24-28(15-18)16-26-7-5-25(6-8-26)14-17-3-1-2-4-19(17)27-9-11-29-12-10-27/h1-4,13,15H,5-12,14,16H2. The zero-order valence-electron chi connectivity index (χ0n) is 16.3. The molecule has 1 aromatic heterocycles. The highest BCUT2D eigenvalue weighted by molar-refractivity contribution is 5.53. The monoisotopic (exact) mass is 409 g/mol. The van der Waals surface area contributed by atoms with Crippen molar-refractivity contribution in [2.24, 2.45) is 0 Å². The maximum atomic E-state index is 12.7. The molecular formula is C20H26F3N5O. The zero-order chi connectivity index (χ0) is 20.3. The van der Waals surface area contributed by atoms with Crippen LogP contribution >= 0.6 is 0 Å². The number of alkyl halides is 3. The number of hydrogen-bond acceptors (Lipinski definition) is 5. The van der Waals surface area contributed by atoms with Crippen LogP contribution in [0.15, 0.2) is 36.7 Å². The summed E-state index contributed by atoms with van der Waals surface area (Å²) in [4.78, 5) is 6.92. The van der Waals surface area contributed by atoms with Crippen molar-refractivity contribution in [3.63, 3.8) is 0 Å². The van der Waals surface area contributed by atoms with E-state index in [1.807, 2.05) is 0 Å². The number of hydrogen-bond donors (Lipinski definition) is 0. The first-order valence-electron chi connectivity index (χ1n) is 9.94. The lowest BCUT2D eigenvalue weighted by atomic mass is 10.1. The highest BCUT2D eigenvalue weighted by atomic mass is 19.4. The first-order valence-corrected chi connectivity index (χ1v) is 9.94. The van der Waals surface area contributed by atoms with Crippen molar-refractivity contribution in [3.05, 3.63) is 47.8 Å². The van der Waals surface area contributed by atoms with E-state index in [0.29, 0.717) is 6.67 Å². The Morgan fingerprint density at radius 3 is 2.31 bits per heavy atom. The van der Waals surface area contributed by atoms with Gasteiger partial charge >= 0.3 is 6.18 Å². The van der Waals surface area contributed by atoms with Crippen LogP contribution in [-0.4, -0.2) is 72.1 Å². The van der Waals surface area contributed by atoms with E-state index in [2.05, 4.69) is 44.1 Å². The van der Waals surface area contributed by atoms with Crippen LogP contribution in [0.4, 0.5) is 18.9 Å². The van der Waals surface area contributed by atoms with Crippen molar-refractivity contribution in [1.82, 2.24) is 19.6 Å². The van der Waals surface area contributed by atoms with Gasteiger partial charge in [-0.15, -0.1) is 0 Å². The van der Waals surface area contributed by atoms with Crippen LogP contribution in [0, 0.1) is 0 Å². The lowest BCUT2D eigenvalue weighted by molar-refractivity contribution is -0.137. The maximum absolute atomic E-state index is 12.7. The molecule has 0 saturated carbocycles. The second kappa shape index (κ2) is 8.73. The Morgan fingerprint density at radius 2 is 1.62 bits per heavy atom. The van der Waals surface area contributed by atoms with Gasteiger partial charge in [0.1, 0.15) is 0 Å². The normalized spacial score (nSPS) is 19.6. The molecule has 0 radical (unpaired) electrons. The number of anilines is 1. The van der Waals surface area contributed by atoms with Crippen LogP contribution in [0.1, 0.15) is 11.1 Å². The van der Waals surface area contributed by atoms with Crippen LogP contribution in [0.2, 0.25) is 0 Å². The quantitative estimate of drug-likeness (QED) is 0.759.